The van der Waals surface area contributed by atoms with Gasteiger partial charge in [-0.2, -0.15) is 0 Å². The van der Waals surface area contributed by atoms with E-state index in [0.29, 0.717) is 16.5 Å². The third-order valence-corrected chi connectivity index (χ3v) is 3.95. The molecule has 94 valence electrons. The van der Waals surface area contributed by atoms with Crippen molar-refractivity contribution in [3.8, 4) is 0 Å². The molecule has 0 saturated heterocycles. The predicted octanol–water partition coefficient (Wildman–Crippen LogP) is 4.25. The highest BCUT2D eigenvalue weighted by molar-refractivity contribution is 6.34. The molecule has 1 aromatic heterocycles. The number of benzene rings is 1. The average molecular weight is 265 g/mol. The predicted molar refractivity (Wildman–Crippen MR) is 70.5 cm³/mol. The highest BCUT2D eigenvalue weighted by atomic mass is 35.5. The second kappa shape index (κ2) is 4.47. The van der Waals surface area contributed by atoms with Crippen LogP contribution < -0.4 is 0 Å². The Morgan fingerprint density at radius 2 is 2.11 bits per heavy atom. The maximum absolute atomic E-state index is 13.5. The van der Waals surface area contributed by atoms with E-state index in [1.54, 1.807) is 0 Å². The Kier molecular flexibility index (Phi) is 2.94. The van der Waals surface area contributed by atoms with E-state index in [2.05, 4.69) is 9.97 Å². The van der Waals surface area contributed by atoms with Crippen LogP contribution in [-0.4, -0.2) is 9.97 Å². The number of rotatable bonds is 2. The van der Waals surface area contributed by atoms with E-state index in [1.807, 2.05) is 6.92 Å². The molecule has 1 aliphatic carbocycles. The topological polar surface area (TPSA) is 25.8 Å². The fourth-order valence-electron chi connectivity index (χ4n) is 2.36. The van der Waals surface area contributed by atoms with Crippen molar-refractivity contribution in [3.63, 3.8) is 0 Å². The van der Waals surface area contributed by atoms with Crippen molar-refractivity contribution >= 4 is 22.5 Å². The quantitative estimate of drug-likeness (QED) is 0.758. The van der Waals surface area contributed by atoms with Crippen LogP contribution >= 0.6 is 11.6 Å². The third-order valence-electron chi connectivity index (χ3n) is 3.67. The smallest absolute Gasteiger partial charge is 0.140 e. The molecule has 0 bridgehead atoms. The van der Waals surface area contributed by atoms with Gasteiger partial charge in [-0.25, -0.2) is 14.4 Å². The van der Waals surface area contributed by atoms with Gasteiger partial charge >= 0.3 is 0 Å². The molecular formula is C14H14ClFN2. The van der Waals surface area contributed by atoms with Gasteiger partial charge in [-0.3, -0.25) is 0 Å². The SMILES string of the molecule is CCc1cc(F)cc2c(Cl)nc(C3CCC3)nc12. The lowest BCUT2D eigenvalue weighted by Crippen LogP contribution is -2.13. The van der Waals surface area contributed by atoms with Gasteiger partial charge in [0.25, 0.3) is 0 Å². The molecule has 1 saturated carbocycles. The molecule has 0 unspecified atom stereocenters. The van der Waals surface area contributed by atoms with Crippen LogP contribution in [0.3, 0.4) is 0 Å². The Labute approximate surface area is 110 Å². The van der Waals surface area contributed by atoms with Gasteiger partial charge in [0.05, 0.1) is 5.52 Å². The lowest BCUT2D eigenvalue weighted by Gasteiger charge is -2.24. The van der Waals surface area contributed by atoms with E-state index in [4.69, 9.17) is 11.6 Å². The minimum Gasteiger partial charge on any atom is -0.232 e. The molecule has 1 fully saturated rings. The van der Waals surface area contributed by atoms with Crippen molar-refractivity contribution in [2.75, 3.05) is 0 Å². The molecule has 1 aromatic carbocycles. The molecule has 3 rings (SSSR count). The molecule has 0 aliphatic heterocycles. The van der Waals surface area contributed by atoms with Crippen LogP contribution in [0.4, 0.5) is 4.39 Å². The van der Waals surface area contributed by atoms with E-state index >= 15 is 0 Å². The fraction of sp³-hybridized carbons (Fsp3) is 0.429. The highest BCUT2D eigenvalue weighted by Gasteiger charge is 2.24. The summed E-state index contributed by atoms with van der Waals surface area (Å²) in [4.78, 5) is 8.94. The monoisotopic (exact) mass is 264 g/mol. The lowest BCUT2D eigenvalue weighted by atomic mass is 9.85. The van der Waals surface area contributed by atoms with Crippen molar-refractivity contribution in [2.24, 2.45) is 0 Å². The Morgan fingerprint density at radius 3 is 2.72 bits per heavy atom. The van der Waals surface area contributed by atoms with Gasteiger partial charge in [0.2, 0.25) is 0 Å². The summed E-state index contributed by atoms with van der Waals surface area (Å²) in [6.45, 7) is 1.99. The Hall–Kier alpha value is -1.22. The van der Waals surface area contributed by atoms with Crippen molar-refractivity contribution in [1.29, 1.82) is 0 Å². The average Bonchev–Trinajstić information content (AvgIpc) is 2.27. The van der Waals surface area contributed by atoms with Gasteiger partial charge in [0.15, 0.2) is 0 Å². The molecule has 4 heteroatoms. The van der Waals surface area contributed by atoms with Gasteiger partial charge in [-0.15, -0.1) is 0 Å². The Balaban J connectivity index is 2.24. The molecule has 1 aliphatic rings. The number of aryl methyl sites for hydroxylation is 1. The normalized spacial score (nSPS) is 15.9. The van der Waals surface area contributed by atoms with Crippen molar-refractivity contribution < 1.29 is 4.39 Å². The van der Waals surface area contributed by atoms with Gasteiger partial charge in [0.1, 0.15) is 16.8 Å². The van der Waals surface area contributed by atoms with E-state index in [-0.39, 0.29) is 5.82 Å². The van der Waals surface area contributed by atoms with Crippen molar-refractivity contribution in [3.05, 3.63) is 34.5 Å². The third kappa shape index (κ3) is 1.87. The Morgan fingerprint density at radius 1 is 1.33 bits per heavy atom. The number of hydrogen-bond acceptors (Lipinski definition) is 2. The molecule has 2 nitrogen and oxygen atoms in total. The number of halogens is 2. The van der Waals surface area contributed by atoms with Crippen molar-refractivity contribution in [2.45, 2.75) is 38.5 Å². The zero-order chi connectivity index (χ0) is 12.7. The van der Waals surface area contributed by atoms with Gasteiger partial charge < -0.3 is 0 Å². The number of aromatic nitrogens is 2. The summed E-state index contributed by atoms with van der Waals surface area (Å²) in [5.74, 6) is 0.975. The van der Waals surface area contributed by atoms with Crippen LogP contribution in [0.5, 0.6) is 0 Å². The number of nitrogens with zero attached hydrogens (tertiary/aromatic N) is 2. The van der Waals surface area contributed by atoms with E-state index in [0.717, 1.165) is 36.2 Å². The lowest BCUT2D eigenvalue weighted by molar-refractivity contribution is 0.402. The first-order valence-corrected chi connectivity index (χ1v) is 6.72. The molecule has 0 atom stereocenters. The zero-order valence-corrected chi connectivity index (χ0v) is 11.0. The van der Waals surface area contributed by atoms with Crippen LogP contribution in [0.15, 0.2) is 12.1 Å². The molecule has 2 aromatic rings. The molecule has 0 spiro atoms. The Bertz CT molecular complexity index is 608. The zero-order valence-electron chi connectivity index (χ0n) is 10.2. The second-order valence-electron chi connectivity index (χ2n) is 4.82. The number of hydrogen-bond donors (Lipinski definition) is 0. The van der Waals surface area contributed by atoms with Gasteiger partial charge in [-0.05, 0) is 37.0 Å². The second-order valence-corrected chi connectivity index (χ2v) is 5.17. The maximum Gasteiger partial charge on any atom is 0.140 e. The minimum absolute atomic E-state index is 0.277. The fourth-order valence-corrected chi connectivity index (χ4v) is 2.59. The molecule has 18 heavy (non-hydrogen) atoms. The molecule has 1 heterocycles. The number of fused-ring (bicyclic) bond motifs is 1. The summed E-state index contributed by atoms with van der Waals surface area (Å²) in [6, 6.07) is 2.96. The molecular weight excluding hydrogens is 251 g/mol. The maximum atomic E-state index is 13.5. The van der Waals surface area contributed by atoms with Gasteiger partial charge in [0, 0.05) is 11.3 Å². The van der Waals surface area contributed by atoms with Gasteiger partial charge in [-0.1, -0.05) is 24.9 Å². The molecule has 0 amide bonds. The first-order chi connectivity index (χ1) is 8.69. The summed E-state index contributed by atoms with van der Waals surface area (Å²) >= 11 is 6.17. The summed E-state index contributed by atoms with van der Waals surface area (Å²) in [6.07, 6.45) is 4.23. The highest BCUT2D eigenvalue weighted by Crippen LogP contribution is 2.36. The summed E-state index contributed by atoms with van der Waals surface area (Å²) in [7, 11) is 0. The molecule has 0 N–H and O–H groups in total. The first-order valence-electron chi connectivity index (χ1n) is 6.34. The van der Waals surface area contributed by atoms with Crippen LogP contribution in [-0.2, 0) is 6.42 Å². The summed E-state index contributed by atoms with van der Waals surface area (Å²) in [5, 5.41) is 0.993. The van der Waals surface area contributed by atoms with Crippen LogP contribution in [0, 0.1) is 5.82 Å². The van der Waals surface area contributed by atoms with Crippen LogP contribution in [0.2, 0.25) is 5.15 Å². The first kappa shape index (κ1) is 11.8. The van der Waals surface area contributed by atoms with E-state index in [9.17, 15) is 4.39 Å². The largest absolute Gasteiger partial charge is 0.232 e. The molecule has 0 radical (unpaired) electrons. The standard InChI is InChI=1S/C14H14ClFN2/c1-2-8-6-10(16)7-11-12(8)17-14(18-13(11)15)9-4-3-5-9/h6-7,9H,2-5H2,1H3. The van der Waals surface area contributed by atoms with Crippen molar-refractivity contribution in [1.82, 2.24) is 9.97 Å². The van der Waals surface area contributed by atoms with Crippen LogP contribution in [0.1, 0.15) is 43.5 Å². The van der Waals surface area contributed by atoms with E-state index < -0.39 is 0 Å². The summed E-state index contributed by atoms with van der Waals surface area (Å²) in [5.41, 5.74) is 1.70. The van der Waals surface area contributed by atoms with E-state index in [1.165, 1.54) is 18.6 Å². The minimum atomic E-state index is -0.277. The summed E-state index contributed by atoms with van der Waals surface area (Å²) < 4.78 is 13.5. The van der Waals surface area contributed by atoms with Crippen LogP contribution in [0.25, 0.3) is 10.9 Å².